The lowest BCUT2D eigenvalue weighted by atomic mass is 10.1. The highest BCUT2D eigenvalue weighted by atomic mass is 16.6. The summed E-state index contributed by atoms with van der Waals surface area (Å²) >= 11 is 0. The van der Waals surface area contributed by atoms with Gasteiger partial charge in [0.2, 0.25) is 11.3 Å². The smallest absolute Gasteiger partial charge is 0.245 e. The summed E-state index contributed by atoms with van der Waals surface area (Å²) in [5, 5.41) is 10.8. The van der Waals surface area contributed by atoms with E-state index in [0.29, 0.717) is 22.9 Å². The summed E-state index contributed by atoms with van der Waals surface area (Å²) in [6, 6.07) is 15.8. The number of benzene rings is 2. The largest absolute Gasteiger partial charge is 0.337 e. The molecule has 2 aromatic heterocycles. The van der Waals surface area contributed by atoms with Crippen LogP contribution in [0.3, 0.4) is 0 Å². The van der Waals surface area contributed by atoms with Crippen molar-refractivity contribution in [2.75, 3.05) is 16.2 Å². The number of rotatable bonds is 5. The van der Waals surface area contributed by atoms with Crippen LogP contribution < -0.4 is 16.2 Å². The maximum atomic E-state index is 4.73. The van der Waals surface area contributed by atoms with Crippen LogP contribution in [0.5, 0.6) is 0 Å². The molecule has 4 rings (SSSR count). The molecule has 130 valence electrons. The summed E-state index contributed by atoms with van der Waals surface area (Å²) < 4.78 is 4.73. The summed E-state index contributed by atoms with van der Waals surface area (Å²) in [6.07, 6.45) is 0. The van der Waals surface area contributed by atoms with Gasteiger partial charge in [0.1, 0.15) is 0 Å². The number of fused-ring (bicyclic) bond motifs is 1. The zero-order valence-corrected chi connectivity index (χ0v) is 14.3. The van der Waals surface area contributed by atoms with Crippen molar-refractivity contribution in [2.24, 2.45) is 0 Å². The average molecular weight is 347 g/mol. The fourth-order valence-corrected chi connectivity index (χ4v) is 2.48. The first kappa shape index (κ1) is 15.8. The topological polar surface area (TPSA) is 101 Å². The number of anilines is 4. The fraction of sp³-hybridized carbons (Fsp3) is 0.111. The molecule has 0 saturated carbocycles. The molecule has 0 aliphatic heterocycles. The molecular formula is C18H17N7O. The Labute approximate surface area is 149 Å². The van der Waals surface area contributed by atoms with Crippen molar-refractivity contribution in [3.8, 4) is 0 Å². The van der Waals surface area contributed by atoms with Gasteiger partial charge in [0.05, 0.1) is 5.69 Å². The number of hydrogen-bond donors (Lipinski definition) is 3. The number of para-hydroxylation sites is 1. The second-order valence-corrected chi connectivity index (χ2v) is 5.82. The van der Waals surface area contributed by atoms with E-state index >= 15 is 0 Å². The van der Waals surface area contributed by atoms with Crippen LogP contribution in [-0.4, -0.2) is 20.3 Å². The number of hydrogen-bond acceptors (Lipinski definition) is 8. The molecule has 4 aromatic rings. The van der Waals surface area contributed by atoms with E-state index in [1.807, 2.05) is 42.5 Å². The normalized spacial score (nSPS) is 10.7. The number of aryl methyl sites for hydroxylation is 1. The van der Waals surface area contributed by atoms with Crippen molar-refractivity contribution in [2.45, 2.75) is 13.8 Å². The molecule has 0 bridgehead atoms. The van der Waals surface area contributed by atoms with E-state index in [2.05, 4.69) is 56.4 Å². The van der Waals surface area contributed by atoms with Crippen LogP contribution in [0.2, 0.25) is 0 Å². The molecular weight excluding hydrogens is 330 g/mol. The summed E-state index contributed by atoms with van der Waals surface area (Å²) in [7, 11) is 0. The zero-order chi connectivity index (χ0) is 17.9. The molecule has 0 saturated heterocycles. The molecule has 0 amide bonds. The van der Waals surface area contributed by atoms with Crippen molar-refractivity contribution in [1.82, 2.24) is 20.3 Å². The average Bonchev–Trinajstić information content (AvgIpc) is 3.11. The quantitative estimate of drug-likeness (QED) is 0.469. The van der Waals surface area contributed by atoms with Crippen molar-refractivity contribution in [3.63, 3.8) is 0 Å². The van der Waals surface area contributed by atoms with Gasteiger partial charge in [0.15, 0.2) is 11.6 Å². The lowest BCUT2D eigenvalue weighted by molar-refractivity contribution is 0.314. The Bertz CT molecular complexity index is 1050. The second kappa shape index (κ2) is 6.67. The van der Waals surface area contributed by atoms with Gasteiger partial charge in [0, 0.05) is 5.69 Å². The van der Waals surface area contributed by atoms with Gasteiger partial charge in [0.25, 0.3) is 0 Å². The predicted molar refractivity (Wildman–Crippen MR) is 100 cm³/mol. The molecule has 0 unspecified atom stereocenters. The van der Waals surface area contributed by atoms with Gasteiger partial charge in [-0.2, -0.15) is 4.98 Å². The molecule has 0 fully saturated rings. The van der Waals surface area contributed by atoms with Crippen LogP contribution in [0.25, 0.3) is 11.3 Å². The molecule has 0 aliphatic rings. The van der Waals surface area contributed by atoms with Crippen molar-refractivity contribution in [1.29, 1.82) is 0 Å². The Morgan fingerprint density at radius 3 is 2.27 bits per heavy atom. The molecule has 0 aliphatic carbocycles. The number of hydrazine groups is 1. The number of nitrogens with one attached hydrogen (secondary N) is 3. The molecule has 3 N–H and O–H groups in total. The van der Waals surface area contributed by atoms with E-state index in [0.717, 1.165) is 16.9 Å². The minimum Gasteiger partial charge on any atom is -0.337 e. The molecule has 0 atom stereocenters. The first-order valence-electron chi connectivity index (χ1n) is 8.11. The molecule has 8 heteroatoms. The first-order valence-corrected chi connectivity index (χ1v) is 8.11. The predicted octanol–water partition coefficient (Wildman–Crippen LogP) is 3.81. The molecule has 2 aromatic carbocycles. The molecule has 26 heavy (non-hydrogen) atoms. The molecule has 2 heterocycles. The standard InChI is InChI=1S/C18H17N7O/c1-11-7-6-10-14(12(11)2)19-15-16(21-18-17(20-15)24-26-25-18)23-22-13-8-4-3-5-9-13/h3-10,22H,1-2H3,(H,19,20,24)(H,21,23,25). The Kier molecular flexibility index (Phi) is 4.06. The van der Waals surface area contributed by atoms with Crippen LogP contribution in [-0.2, 0) is 0 Å². The lowest BCUT2D eigenvalue weighted by Gasteiger charge is -2.15. The van der Waals surface area contributed by atoms with Crippen molar-refractivity contribution in [3.05, 3.63) is 59.7 Å². The Morgan fingerprint density at radius 1 is 0.769 bits per heavy atom. The monoisotopic (exact) mass is 347 g/mol. The minimum absolute atomic E-state index is 0.328. The van der Waals surface area contributed by atoms with Crippen LogP contribution in [0.4, 0.5) is 23.0 Å². The SMILES string of the molecule is Cc1cccc(Nc2nc3nonc3nc2NNc2ccccc2)c1C. The minimum atomic E-state index is 0.328. The van der Waals surface area contributed by atoms with E-state index in [9.17, 15) is 0 Å². The number of nitrogens with zero attached hydrogens (tertiary/aromatic N) is 4. The Morgan fingerprint density at radius 2 is 1.50 bits per heavy atom. The van der Waals surface area contributed by atoms with Crippen LogP contribution in [0.1, 0.15) is 11.1 Å². The van der Waals surface area contributed by atoms with Gasteiger partial charge in [-0.25, -0.2) is 9.61 Å². The molecule has 0 radical (unpaired) electrons. The van der Waals surface area contributed by atoms with E-state index in [1.54, 1.807) is 0 Å². The van der Waals surface area contributed by atoms with Gasteiger partial charge in [-0.3, -0.25) is 10.9 Å². The van der Waals surface area contributed by atoms with Gasteiger partial charge < -0.3 is 5.32 Å². The van der Waals surface area contributed by atoms with Crippen LogP contribution in [0.15, 0.2) is 53.2 Å². The summed E-state index contributed by atoms with van der Waals surface area (Å²) in [5.41, 5.74) is 11.0. The third kappa shape index (κ3) is 3.12. The zero-order valence-electron chi connectivity index (χ0n) is 14.3. The van der Waals surface area contributed by atoms with Gasteiger partial charge in [-0.15, -0.1) is 0 Å². The Hall–Kier alpha value is -3.68. The van der Waals surface area contributed by atoms with Gasteiger partial charge >= 0.3 is 0 Å². The van der Waals surface area contributed by atoms with E-state index < -0.39 is 0 Å². The third-order valence-corrected chi connectivity index (χ3v) is 4.07. The highest BCUT2D eigenvalue weighted by Gasteiger charge is 2.14. The van der Waals surface area contributed by atoms with E-state index in [1.165, 1.54) is 5.56 Å². The highest BCUT2D eigenvalue weighted by Crippen LogP contribution is 2.27. The maximum absolute atomic E-state index is 4.73. The molecule has 0 spiro atoms. The summed E-state index contributed by atoms with van der Waals surface area (Å²) in [6.45, 7) is 4.11. The Balaban J connectivity index is 1.68. The maximum Gasteiger partial charge on any atom is 0.245 e. The number of aromatic nitrogens is 4. The lowest BCUT2D eigenvalue weighted by Crippen LogP contribution is -2.13. The summed E-state index contributed by atoms with van der Waals surface area (Å²) in [5.74, 6) is 1.00. The third-order valence-electron chi connectivity index (χ3n) is 4.07. The highest BCUT2D eigenvalue weighted by molar-refractivity contribution is 5.77. The van der Waals surface area contributed by atoms with Gasteiger partial charge in [-0.05, 0) is 53.5 Å². The molecule has 8 nitrogen and oxygen atoms in total. The second-order valence-electron chi connectivity index (χ2n) is 5.82. The fourth-order valence-electron chi connectivity index (χ4n) is 2.48. The summed E-state index contributed by atoms with van der Waals surface area (Å²) in [4.78, 5) is 8.90. The van der Waals surface area contributed by atoms with E-state index in [4.69, 9.17) is 4.63 Å². The van der Waals surface area contributed by atoms with Gasteiger partial charge in [-0.1, -0.05) is 30.3 Å². The van der Waals surface area contributed by atoms with Crippen molar-refractivity contribution >= 4 is 34.3 Å². The van der Waals surface area contributed by atoms with Crippen molar-refractivity contribution < 1.29 is 4.63 Å². The van der Waals surface area contributed by atoms with E-state index in [-0.39, 0.29) is 0 Å². The first-order chi connectivity index (χ1) is 12.7. The van der Waals surface area contributed by atoms with Crippen LogP contribution >= 0.6 is 0 Å². The van der Waals surface area contributed by atoms with Crippen LogP contribution in [0, 0.1) is 13.8 Å².